The minimum Gasteiger partial charge on any atom is -0.492 e. The van der Waals surface area contributed by atoms with E-state index < -0.39 is 11.8 Å². The molecular weight excluding hydrogens is 505 g/mol. The van der Waals surface area contributed by atoms with Gasteiger partial charge in [0.1, 0.15) is 30.5 Å². The van der Waals surface area contributed by atoms with Gasteiger partial charge in [-0.15, -0.1) is 0 Å². The molecule has 0 amide bonds. The molecule has 3 rings (SSSR count). The number of aliphatic carboxylic acids is 1. The molecule has 0 heterocycles. The van der Waals surface area contributed by atoms with Crippen molar-refractivity contribution in [2.45, 2.75) is 67.9 Å². The molecule has 40 heavy (non-hydrogen) atoms. The molecule has 3 aromatic carbocycles. The minimum absolute atomic E-state index is 0.105. The lowest BCUT2D eigenvalue weighted by atomic mass is 9.94. The number of halogens is 1. The summed E-state index contributed by atoms with van der Waals surface area (Å²) in [5.41, 5.74) is 5.90. The van der Waals surface area contributed by atoms with Gasteiger partial charge in [0.15, 0.2) is 0 Å². The summed E-state index contributed by atoms with van der Waals surface area (Å²) in [7, 11) is 0. The van der Waals surface area contributed by atoms with Crippen molar-refractivity contribution >= 4 is 5.97 Å². The SMILES string of the molecule is CC(C)C.CCN(CC)CCOc1cc(C)c(-c2cccc(COc3ccc(CCC(=O)O)c(F)c3)c2)c(C)c1. The Labute approximate surface area is 239 Å². The Morgan fingerprint density at radius 1 is 0.925 bits per heavy atom. The molecule has 0 fully saturated rings. The first-order chi connectivity index (χ1) is 19.0. The number of likely N-dealkylation sites (N-methyl/N-ethyl adjacent to an activating group) is 1. The van der Waals surface area contributed by atoms with Crippen molar-refractivity contribution in [2.24, 2.45) is 5.92 Å². The first-order valence-corrected chi connectivity index (χ1v) is 14.2. The lowest BCUT2D eigenvalue weighted by Crippen LogP contribution is -2.27. The zero-order valence-electron chi connectivity index (χ0n) is 25.2. The second kappa shape index (κ2) is 16.7. The van der Waals surface area contributed by atoms with Crippen molar-refractivity contribution < 1.29 is 23.8 Å². The number of rotatable bonds is 13. The molecule has 6 heteroatoms. The number of ether oxygens (including phenoxy) is 2. The molecule has 3 aromatic rings. The maximum atomic E-state index is 14.3. The van der Waals surface area contributed by atoms with Crippen LogP contribution < -0.4 is 9.47 Å². The van der Waals surface area contributed by atoms with Gasteiger partial charge in [-0.25, -0.2) is 4.39 Å². The fourth-order valence-electron chi connectivity index (χ4n) is 4.34. The van der Waals surface area contributed by atoms with Crippen molar-refractivity contribution in [3.8, 4) is 22.6 Å². The number of benzene rings is 3. The van der Waals surface area contributed by atoms with Crippen LogP contribution in [0.3, 0.4) is 0 Å². The van der Waals surface area contributed by atoms with Crippen molar-refractivity contribution in [3.63, 3.8) is 0 Å². The van der Waals surface area contributed by atoms with Crippen LogP contribution in [0.1, 0.15) is 63.3 Å². The van der Waals surface area contributed by atoms with Crippen LogP contribution in [-0.2, 0) is 17.8 Å². The highest BCUT2D eigenvalue weighted by atomic mass is 19.1. The molecule has 0 bridgehead atoms. The lowest BCUT2D eigenvalue weighted by Gasteiger charge is -2.19. The molecule has 0 radical (unpaired) electrons. The fourth-order valence-corrected chi connectivity index (χ4v) is 4.34. The van der Waals surface area contributed by atoms with Crippen LogP contribution in [0.2, 0.25) is 0 Å². The summed E-state index contributed by atoms with van der Waals surface area (Å²) < 4.78 is 26.2. The number of aryl methyl sites for hydroxylation is 3. The van der Waals surface area contributed by atoms with E-state index in [1.54, 1.807) is 12.1 Å². The summed E-state index contributed by atoms with van der Waals surface area (Å²) in [5, 5.41) is 8.80. The first kappa shape index (κ1) is 32.8. The maximum Gasteiger partial charge on any atom is 0.303 e. The monoisotopic (exact) mass is 551 g/mol. The molecule has 0 saturated carbocycles. The molecule has 0 spiro atoms. The number of hydrogen-bond acceptors (Lipinski definition) is 4. The third-order valence-corrected chi connectivity index (χ3v) is 6.33. The van der Waals surface area contributed by atoms with Crippen LogP contribution in [0.4, 0.5) is 4.39 Å². The van der Waals surface area contributed by atoms with Gasteiger partial charge in [-0.3, -0.25) is 4.79 Å². The van der Waals surface area contributed by atoms with Crippen LogP contribution >= 0.6 is 0 Å². The van der Waals surface area contributed by atoms with Crippen molar-refractivity contribution in [1.82, 2.24) is 4.90 Å². The summed E-state index contributed by atoms with van der Waals surface area (Å²) in [6.07, 6.45) is 0.0497. The Hall–Kier alpha value is -3.38. The molecule has 0 aromatic heterocycles. The van der Waals surface area contributed by atoms with E-state index in [0.29, 0.717) is 24.5 Å². The zero-order valence-corrected chi connectivity index (χ0v) is 25.2. The molecule has 0 aliphatic rings. The van der Waals surface area contributed by atoms with E-state index in [1.165, 1.54) is 11.6 Å². The molecule has 1 N–H and O–H groups in total. The third-order valence-electron chi connectivity index (χ3n) is 6.33. The third kappa shape index (κ3) is 11.0. The Bertz CT molecular complexity index is 1190. The van der Waals surface area contributed by atoms with Gasteiger partial charge < -0.3 is 19.5 Å². The van der Waals surface area contributed by atoms with Crippen LogP contribution in [-0.4, -0.2) is 42.2 Å². The number of nitrogens with zero attached hydrogens (tertiary/aromatic N) is 1. The quantitative estimate of drug-likeness (QED) is 0.233. The number of carboxylic acids is 1. The standard InChI is InChI=1S/C30H36FNO4.C4H10/c1-5-32(6-2)14-15-35-27-16-21(3)30(22(4)17-27)25-9-7-8-23(18-25)20-36-26-12-10-24(28(31)19-26)11-13-29(33)34;1-4(2)3/h7-10,12,16-19H,5-6,11,13-15,20H2,1-4H3,(H,33,34);4H,1-3H3. The summed E-state index contributed by atoms with van der Waals surface area (Å²) in [6, 6.07) is 16.9. The van der Waals surface area contributed by atoms with E-state index in [2.05, 4.69) is 77.6 Å². The average Bonchev–Trinajstić information content (AvgIpc) is 2.89. The smallest absolute Gasteiger partial charge is 0.303 e. The van der Waals surface area contributed by atoms with Gasteiger partial charge in [0.2, 0.25) is 0 Å². The van der Waals surface area contributed by atoms with Gasteiger partial charge in [0, 0.05) is 19.0 Å². The van der Waals surface area contributed by atoms with Gasteiger partial charge in [-0.2, -0.15) is 0 Å². The molecule has 0 aliphatic carbocycles. The molecule has 0 atom stereocenters. The van der Waals surface area contributed by atoms with Crippen molar-refractivity contribution in [3.05, 3.63) is 82.7 Å². The summed E-state index contributed by atoms with van der Waals surface area (Å²) in [5.74, 6) is 0.732. The highest BCUT2D eigenvalue weighted by Crippen LogP contribution is 2.32. The minimum atomic E-state index is -0.947. The lowest BCUT2D eigenvalue weighted by molar-refractivity contribution is -0.136. The van der Waals surface area contributed by atoms with Crippen molar-refractivity contribution in [1.29, 1.82) is 0 Å². The number of hydrogen-bond donors (Lipinski definition) is 1. The highest BCUT2D eigenvalue weighted by molar-refractivity contribution is 5.72. The van der Waals surface area contributed by atoms with Crippen LogP contribution in [0.15, 0.2) is 54.6 Å². The molecule has 0 unspecified atom stereocenters. The maximum absolute atomic E-state index is 14.3. The largest absolute Gasteiger partial charge is 0.492 e. The summed E-state index contributed by atoms with van der Waals surface area (Å²) in [6.45, 7) is 18.9. The van der Waals surface area contributed by atoms with Gasteiger partial charge >= 0.3 is 5.97 Å². The van der Waals surface area contributed by atoms with E-state index in [4.69, 9.17) is 14.6 Å². The van der Waals surface area contributed by atoms with Gasteiger partial charge in [0.05, 0.1) is 0 Å². The summed E-state index contributed by atoms with van der Waals surface area (Å²) in [4.78, 5) is 13.1. The van der Waals surface area contributed by atoms with Crippen LogP contribution in [0.5, 0.6) is 11.5 Å². The predicted octanol–water partition coefficient (Wildman–Crippen LogP) is 8.09. The Morgan fingerprint density at radius 3 is 2.15 bits per heavy atom. The highest BCUT2D eigenvalue weighted by Gasteiger charge is 2.11. The normalized spacial score (nSPS) is 10.8. The average molecular weight is 552 g/mol. The fraction of sp³-hybridized carbons (Fsp3) is 0.441. The van der Waals surface area contributed by atoms with E-state index in [1.807, 2.05) is 12.1 Å². The van der Waals surface area contributed by atoms with E-state index in [9.17, 15) is 9.18 Å². The molecular formula is C34H46FNO4. The van der Waals surface area contributed by atoms with E-state index in [0.717, 1.165) is 53.6 Å². The second-order valence-electron chi connectivity index (χ2n) is 10.7. The van der Waals surface area contributed by atoms with Gasteiger partial charge in [0.25, 0.3) is 0 Å². The van der Waals surface area contributed by atoms with E-state index in [-0.39, 0.29) is 12.8 Å². The predicted molar refractivity (Wildman–Crippen MR) is 162 cm³/mol. The second-order valence-corrected chi connectivity index (χ2v) is 10.7. The number of carbonyl (C=O) groups is 1. The first-order valence-electron chi connectivity index (χ1n) is 14.2. The van der Waals surface area contributed by atoms with Gasteiger partial charge in [-0.1, -0.05) is 58.9 Å². The zero-order chi connectivity index (χ0) is 29.7. The molecule has 0 saturated heterocycles. The van der Waals surface area contributed by atoms with Crippen LogP contribution in [0.25, 0.3) is 11.1 Å². The summed E-state index contributed by atoms with van der Waals surface area (Å²) >= 11 is 0. The van der Waals surface area contributed by atoms with Crippen molar-refractivity contribution in [2.75, 3.05) is 26.2 Å². The molecule has 0 aliphatic heterocycles. The van der Waals surface area contributed by atoms with Crippen LogP contribution in [0, 0.1) is 25.6 Å². The number of carboxylic acid groups (broad SMARTS) is 1. The topological polar surface area (TPSA) is 59.0 Å². The molecule has 218 valence electrons. The Kier molecular flexibility index (Phi) is 13.7. The van der Waals surface area contributed by atoms with Gasteiger partial charge in [-0.05, 0) is 96.9 Å². The molecule has 5 nitrogen and oxygen atoms in total. The Balaban J connectivity index is 0.00000131. The Morgan fingerprint density at radius 2 is 1.57 bits per heavy atom. The van der Waals surface area contributed by atoms with E-state index >= 15 is 0 Å².